The summed E-state index contributed by atoms with van der Waals surface area (Å²) in [7, 11) is 0. The first kappa shape index (κ1) is 24.0. The number of benzene rings is 1. The molecule has 0 saturated heterocycles. The maximum absolute atomic E-state index is 5.34. The molecule has 166 valence electrons. The minimum Gasteiger partial charge on any atom is -0.294 e. The first-order valence-corrected chi connectivity index (χ1v) is 10.6. The van der Waals surface area contributed by atoms with E-state index in [-0.39, 0.29) is 12.0 Å². The summed E-state index contributed by atoms with van der Waals surface area (Å²) in [6, 6.07) is 8.20. The first-order chi connectivity index (χ1) is 14.1. The molecule has 0 atom stereocenters. The zero-order valence-corrected chi connectivity index (χ0v) is 19.3. The van der Waals surface area contributed by atoms with Crippen molar-refractivity contribution >= 4 is 0 Å². The fourth-order valence-electron chi connectivity index (χ4n) is 2.44. The summed E-state index contributed by atoms with van der Waals surface area (Å²) < 4.78 is 0. The summed E-state index contributed by atoms with van der Waals surface area (Å²) in [4.78, 5) is 34.1. The van der Waals surface area contributed by atoms with Crippen molar-refractivity contribution in [3.05, 3.63) is 29.8 Å². The second-order valence-electron chi connectivity index (χ2n) is 9.29. The third-order valence-electron chi connectivity index (χ3n) is 3.86. The Labute approximate surface area is 180 Å². The number of hydrogen-bond donors (Lipinski definition) is 0. The van der Waals surface area contributed by atoms with Crippen molar-refractivity contribution in [1.82, 2.24) is 15.0 Å². The van der Waals surface area contributed by atoms with Gasteiger partial charge in [-0.2, -0.15) is 19.7 Å². The van der Waals surface area contributed by atoms with Gasteiger partial charge < -0.3 is 0 Å². The molecule has 1 aromatic heterocycles. The fraction of sp³-hybridized carbons (Fsp3) is 0.609. The Kier molecular flexibility index (Phi) is 8.55. The van der Waals surface area contributed by atoms with Gasteiger partial charge in [0.2, 0.25) is 0 Å². The SMILES string of the molecule is CCCCCCc1ccc(-c2nc(OOC(C)(C)C)nc(OOC(C)(C)C)n2)cc1. The molecule has 2 aromatic rings. The normalized spacial score (nSPS) is 12.1. The lowest BCUT2D eigenvalue weighted by Gasteiger charge is -2.18. The van der Waals surface area contributed by atoms with Crippen LogP contribution in [0.4, 0.5) is 0 Å². The number of nitrogens with zero attached hydrogens (tertiary/aromatic N) is 3. The number of aromatic nitrogens is 3. The molecule has 0 bridgehead atoms. The lowest BCUT2D eigenvalue weighted by molar-refractivity contribution is -0.287. The predicted molar refractivity (Wildman–Crippen MR) is 116 cm³/mol. The van der Waals surface area contributed by atoms with Crippen molar-refractivity contribution in [3.63, 3.8) is 0 Å². The molecule has 30 heavy (non-hydrogen) atoms. The van der Waals surface area contributed by atoms with Crippen molar-refractivity contribution < 1.29 is 19.6 Å². The summed E-state index contributed by atoms with van der Waals surface area (Å²) in [5, 5.41) is 0. The molecule has 0 saturated carbocycles. The second kappa shape index (κ2) is 10.7. The highest BCUT2D eigenvalue weighted by molar-refractivity contribution is 5.55. The van der Waals surface area contributed by atoms with Crippen LogP contribution >= 0.6 is 0 Å². The van der Waals surface area contributed by atoms with Gasteiger partial charge in [0.1, 0.15) is 11.2 Å². The topological polar surface area (TPSA) is 75.6 Å². The zero-order chi connectivity index (χ0) is 22.2. The molecule has 0 spiro atoms. The Morgan fingerprint density at radius 3 is 1.70 bits per heavy atom. The Balaban J connectivity index is 2.19. The molecule has 0 radical (unpaired) electrons. The number of unbranched alkanes of at least 4 members (excludes halogenated alkanes) is 3. The van der Waals surface area contributed by atoms with E-state index in [1.54, 1.807) is 0 Å². The summed E-state index contributed by atoms with van der Waals surface area (Å²) in [5.74, 6) is 0.419. The highest BCUT2D eigenvalue weighted by atomic mass is 17.2. The molecule has 0 N–H and O–H groups in total. The minimum atomic E-state index is -0.519. The molecule has 0 aliphatic heterocycles. The number of aryl methyl sites for hydroxylation is 1. The largest absolute Gasteiger partial charge is 0.360 e. The minimum absolute atomic E-state index is 0.00563. The summed E-state index contributed by atoms with van der Waals surface area (Å²) in [6.07, 6.45) is 6.05. The van der Waals surface area contributed by atoms with E-state index in [0.29, 0.717) is 5.82 Å². The molecule has 1 heterocycles. The van der Waals surface area contributed by atoms with Gasteiger partial charge in [-0.25, -0.2) is 0 Å². The maximum Gasteiger partial charge on any atom is 0.360 e. The van der Waals surface area contributed by atoms with E-state index in [4.69, 9.17) is 19.6 Å². The van der Waals surface area contributed by atoms with Gasteiger partial charge in [-0.1, -0.05) is 50.5 Å². The highest BCUT2D eigenvalue weighted by Crippen LogP contribution is 2.23. The average molecular weight is 418 g/mol. The van der Waals surface area contributed by atoms with Crippen molar-refractivity contribution in [1.29, 1.82) is 0 Å². The summed E-state index contributed by atoms with van der Waals surface area (Å²) in [6.45, 7) is 13.4. The van der Waals surface area contributed by atoms with Gasteiger partial charge in [-0.15, -0.1) is 4.98 Å². The van der Waals surface area contributed by atoms with Crippen LogP contribution in [-0.4, -0.2) is 26.2 Å². The third-order valence-corrected chi connectivity index (χ3v) is 3.86. The fourth-order valence-corrected chi connectivity index (χ4v) is 2.44. The van der Waals surface area contributed by atoms with Gasteiger partial charge in [0.25, 0.3) is 0 Å². The highest BCUT2D eigenvalue weighted by Gasteiger charge is 2.19. The van der Waals surface area contributed by atoms with Crippen LogP contribution in [-0.2, 0) is 16.2 Å². The van der Waals surface area contributed by atoms with Crippen LogP contribution in [0, 0.1) is 0 Å². The van der Waals surface area contributed by atoms with Crippen LogP contribution in [0.15, 0.2) is 24.3 Å². The molecule has 0 aliphatic carbocycles. The zero-order valence-electron chi connectivity index (χ0n) is 19.3. The van der Waals surface area contributed by atoms with Crippen molar-refractivity contribution in [2.75, 3.05) is 0 Å². The van der Waals surface area contributed by atoms with E-state index >= 15 is 0 Å². The lowest BCUT2D eigenvalue weighted by Crippen LogP contribution is -2.23. The lowest BCUT2D eigenvalue weighted by atomic mass is 10.0. The smallest absolute Gasteiger partial charge is 0.294 e. The Morgan fingerprint density at radius 1 is 0.700 bits per heavy atom. The van der Waals surface area contributed by atoms with Crippen molar-refractivity contribution in [2.24, 2.45) is 0 Å². The standard InChI is InChI=1S/C23H35N3O4/c1-8-9-10-11-12-17-13-15-18(16-14-17)19-24-20(27-29-22(2,3)4)26-21(25-19)28-30-23(5,6)7/h13-16H,8-12H2,1-7H3. The molecule has 7 heteroatoms. The molecular formula is C23H35N3O4. The Hall–Kier alpha value is -2.25. The molecule has 2 rings (SSSR count). The monoisotopic (exact) mass is 417 g/mol. The van der Waals surface area contributed by atoms with Gasteiger partial charge >= 0.3 is 12.0 Å². The van der Waals surface area contributed by atoms with E-state index < -0.39 is 11.2 Å². The molecule has 1 aromatic carbocycles. The molecule has 7 nitrogen and oxygen atoms in total. The van der Waals surface area contributed by atoms with E-state index in [0.717, 1.165) is 12.0 Å². The van der Waals surface area contributed by atoms with Gasteiger partial charge in [-0.05, 0) is 59.9 Å². The van der Waals surface area contributed by atoms with E-state index in [2.05, 4.69) is 34.0 Å². The van der Waals surface area contributed by atoms with E-state index in [9.17, 15) is 0 Å². The number of hydrogen-bond acceptors (Lipinski definition) is 7. The van der Waals surface area contributed by atoms with Gasteiger partial charge in [-0.3, -0.25) is 9.78 Å². The number of rotatable bonds is 10. The molecule has 0 fully saturated rings. The van der Waals surface area contributed by atoms with Crippen LogP contribution in [0.1, 0.15) is 79.7 Å². The third kappa shape index (κ3) is 9.05. The molecule has 0 amide bonds. The van der Waals surface area contributed by atoms with Crippen LogP contribution in [0.3, 0.4) is 0 Å². The van der Waals surface area contributed by atoms with Crippen molar-refractivity contribution in [2.45, 2.75) is 91.8 Å². The molecular weight excluding hydrogens is 382 g/mol. The van der Waals surface area contributed by atoms with Crippen LogP contribution < -0.4 is 9.78 Å². The Morgan fingerprint density at radius 2 is 1.23 bits per heavy atom. The Bertz CT molecular complexity index is 744. The molecule has 0 aliphatic rings. The molecule has 0 unspecified atom stereocenters. The predicted octanol–water partition coefficient (Wildman–Crippen LogP) is 5.88. The summed E-state index contributed by atoms with van der Waals surface area (Å²) >= 11 is 0. The average Bonchev–Trinajstić information content (AvgIpc) is 2.67. The van der Waals surface area contributed by atoms with E-state index in [1.807, 2.05) is 53.7 Å². The van der Waals surface area contributed by atoms with Gasteiger partial charge in [0.15, 0.2) is 5.82 Å². The van der Waals surface area contributed by atoms with E-state index in [1.165, 1.54) is 31.2 Å². The maximum atomic E-state index is 5.34. The van der Waals surface area contributed by atoms with Crippen molar-refractivity contribution in [3.8, 4) is 23.4 Å². The van der Waals surface area contributed by atoms with Crippen LogP contribution in [0.5, 0.6) is 12.0 Å². The summed E-state index contributed by atoms with van der Waals surface area (Å²) in [5.41, 5.74) is 1.09. The van der Waals surface area contributed by atoms with Gasteiger partial charge in [0.05, 0.1) is 0 Å². The second-order valence-corrected chi connectivity index (χ2v) is 9.29. The van der Waals surface area contributed by atoms with Crippen LogP contribution in [0.2, 0.25) is 0 Å². The van der Waals surface area contributed by atoms with Crippen LogP contribution in [0.25, 0.3) is 11.4 Å². The quantitative estimate of drug-likeness (QED) is 0.271. The first-order valence-electron chi connectivity index (χ1n) is 10.6. The van der Waals surface area contributed by atoms with Gasteiger partial charge in [0, 0.05) is 5.56 Å².